The summed E-state index contributed by atoms with van der Waals surface area (Å²) in [5.41, 5.74) is 1.12. The molecule has 2 N–H and O–H groups in total. The first-order valence-corrected chi connectivity index (χ1v) is 9.42. The van der Waals surface area contributed by atoms with Crippen LogP contribution in [0.5, 0.6) is 5.75 Å². The average Bonchev–Trinajstić information content (AvgIpc) is 2.78. The lowest BCUT2D eigenvalue weighted by Gasteiger charge is -2.12. The normalized spacial score (nSPS) is 10.3. The summed E-state index contributed by atoms with van der Waals surface area (Å²) in [6.07, 6.45) is 1.21. The van der Waals surface area contributed by atoms with E-state index in [1.807, 2.05) is 12.1 Å². The molecule has 0 spiro atoms. The van der Waals surface area contributed by atoms with E-state index in [-0.39, 0.29) is 29.5 Å². The van der Waals surface area contributed by atoms with Crippen molar-refractivity contribution in [2.24, 2.45) is 0 Å². The fraction of sp³-hybridized carbons (Fsp3) is 0.190. The topological polar surface area (TPSA) is 129 Å². The molecule has 3 rings (SSSR count). The molecule has 160 valence electrons. The number of carbonyl (C=O) groups excluding carboxylic acids is 1. The SMILES string of the molecule is CCOC(=O)c1ccccc1Nc1ncnc(NCc2ccc(OC)cc2)c1[N+](=O)[O-]. The molecule has 0 radical (unpaired) electrons. The van der Waals surface area contributed by atoms with Gasteiger partial charge in [-0.1, -0.05) is 24.3 Å². The van der Waals surface area contributed by atoms with Crippen molar-refractivity contribution in [3.8, 4) is 5.75 Å². The van der Waals surface area contributed by atoms with Gasteiger partial charge >= 0.3 is 11.7 Å². The summed E-state index contributed by atoms with van der Waals surface area (Å²) in [7, 11) is 1.58. The minimum atomic E-state index is -0.578. The number of nitrogens with one attached hydrogen (secondary N) is 2. The molecule has 0 aliphatic rings. The second-order valence-corrected chi connectivity index (χ2v) is 6.27. The lowest BCUT2D eigenvalue weighted by Crippen LogP contribution is -2.11. The van der Waals surface area contributed by atoms with Gasteiger partial charge in [-0.3, -0.25) is 10.1 Å². The van der Waals surface area contributed by atoms with Crippen molar-refractivity contribution in [2.45, 2.75) is 13.5 Å². The monoisotopic (exact) mass is 423 g/mol. The number of carbonyl (C=O) groups is 1. The van der Waals surface area contributed by atoms with E-state index >= 15 is 0 Å². The summed E-state index contributed by atoms with van der Waals surface area (Å²) in [6, 6.07) is 13.8. The number of nitro groups is 1. The molecule has 0 atom stereocenters. The van der Waals surface area contributed by atoms with Crippen LogP contribution in [0.4, 0.5) is 23.0 Å². The predicted octanol–water partition coefficient (Wildman–Crippen LogP) is 3.93. The van der Waals surface area contributed by atoms with Gasteiger partial charge in [-0.15, -0.1) is 0 Å². The van der Waals surface area contributed by atoms with E-state index in [1.54, 1.807) is 50.4 Å². The number of nitrogens with zero attached hydrogens (tertiary/aromatic N) is 3. The summed E-state index contributed by atoms with van der Waals surface area (Å²) in [5.74, 6) is 0.171. The van der Waals surface area contributed by atoms with E-state index in [4.69, 9.17) is 9.47 Å². The molecule has 1 aromatic heterocycles. The van der Waals surface area contributed by atoms with Gasteiger partial charge in [-0.05, 0) is 36.8 Å². The third-order valence-corrected chi connectivity index (χ3v) is 4.30. The smallest absolute Gasteiger partial charge is 0.353 e. The number of para-hydroxylation sites is 1. The summed E-state index contributed by atoms with van der Waals surface area (Å²) in [6.45, 7) is 2.21. The fourth-order valence-electron chi connectivity index (χ4n) is 2.81. The van der Waals surface area contributed by atoms with Crippen LogP contribution in [0.1, 0.15) is 22.8 Å². The Hall–Kier alpha value is -4.21. The Balaban J connectivity index is 1.87. The average molecular weight is 423 g/mol. The number of aromatic nitrogens is 2. The van der Waals surface area contributed by atoms with Crippen molar-refractivity contribution >= 4 is 29.0 Å². The van der Waals surface area contributed by atoms with Crippen LogP contribution >= 0.6 is 0 Å². The highest BCUT2D eigenvalue weighted by Gasteiger charge is 2.24. The highest BCUT2D eigenvalue weighted by Crippen LogP contribution is 2.32. The molecule has 0 aliphatic carbocycles. The summed E-state index contributed by atoms with van der Waals surface area (Å²) >= 11 is 0. The molecule has 2 aromatic carbocycles. The van der Waals surface area contributed by atoms with Crippen molar-refractivity contribution in [2.75, 3.05) is 24.4 Å². The molecule has 0 bridgehead atoms. The van der Waals surface area contributed by atoms with Crippen LogP contribution in [0.15, 0.2) is 54.9 Å². The molecule has 0 saturated carbocycles. The molecule has 10 heteroatoms. The summed E-state index contributed by atoms with van der Waals surface area (Å²) < 4.78 is 10.2. The van der Waals surface area contributed by atoms with Gasteiger partial charge in [0, 0.05) is 6.54 Å². The molecular weight excluding hydrogens is 402 g/mol. The molecular formula is C21H21N5O5. The van der Waals surface area contributed by atoms with Crippen LogP contribution in [-0.4, -0.2) is 34.6 Å². The fourth-order valence-corrected chi connectivity index (χ4v) is 2.81. The maximum absolute atomic E-state index is 12.2. The summed E-state index contributed by atoms with van der Waals surface area (Å²) in [4.78, 5) is 31.4. The Morgan fingerprint density at radius 2 is 1.81 bits per heavy atom. The molecule has 10 nitrogen and oxygen atoms in total. The maximum atomic E-state index is 12.2. The molecule has 31 heavy (non-hydrogen) atoms. The zero-order valence-electron chi connectivity index (χ0n) is 17.0. The maximum Gasteiger partial charge on any atom is 0.353 e. The number of rotatable bonds is 9. The van der Waals surface area contributed by atoms with Crippen LogP contribution in [-0.2, 0) is 11.3 Å². The van der Waals surface area contributed by atoms with Gasteiger partial charge in [0.15, 0.2) is 0 Å². The number of hydrogen-bond acceptors (Lipinski definition) is 9. The van der Waals surface area contributed by atoms with Gasteiger partial charge in [0.1, 0.15) is 12.1 Å². The predicted molar refractivity (Wildman–Crippen MR) is 115 cm³/mol. The third-order valence-electron chi connectivity index (χ3n) is 4.30. The lowest BCUT2D eigenvalue weighted by molar-refractivity contribution is -0.383. The lowest BCUT2D eigenvalue weighted by atomic mass is 10.1. The van der Waals surface area contributed by atoms with E-state index < -0.39 is 10.9 Å². The zero-order valence-corrected chi connectivity index (χ0v) is 17.0. The molecule has 0 amide bonds. The first kappa shape index (κ1) is 21.5. The van der Waals surface area contributed by atoms with Gasteiger partial charge < -0.3 is 20.1 Å². The Kier molecular flexibility index (Phi) is 6.94. The Labute approximate surface area is 178 Å². The Morgan fingerprint density at radius 1 is 1.10 bits per heavy atom. The summed E-state index contributed by atoms with van der Waals surface area (Å²) in [5, 5.41) is 17.6. The number of hydrogen-bond donors (Lipinski definition) is 2. The minimum Gasteiger partial charge on any atom is -0.497 e. The minimum absolute atomic E-state index is 0.0472. The molecule has 0 fully saturated rings. The largest absolute Gasteiger partial charge is 0.497 e. The molecule has 0 unspecified atom stereocenters. The standard InChI is InChI=1S/C21H21N5O5/c1-3-31-21(27)16-6-4-5-7-17(16)25-20-18(26(28)29)19(23-13-24-20)22-12-14-8-10-15(30-2)11-9-14/h4-11,13H,3,12H2,1-2H3,(H2,22,23,24,25). The number of ether oxygens (including phenoxy) is 2. The number of esters is 1. The van der Waals surface area contributed by atoms with Crippen molar-refractivity contribution in [1.82, 2.24) is 9.97 Å². The molecule has 0 aliphatic heterocycles. The van der Waals surface area contributed by atoms with Crippen LogP contribution < -0.4 is 15.4 Å². The van der Waals surface area contributed by atoms with Crippen molar-refractivity contribution in [1.29, 1.82) is 0 Å². The van der Waals surface area contributed by atoms with E-state index in [1.165, 1.54) is 6.33 Å². The molecule has 0 saturated heterocycles. The first-order chi connectivity index (χ1) is 15.0. The highest BCUT2D eigenvalue weighted by atomic mass is 16.6. The van der Waals surface area contributed by atoms with Crippen LogP contribution in [0.3, 0.4) is 0 Å². The van der Waals surface area contributed by atoms with Crippen LogP contribution in [0.25, 0.3) is 0 Å². The number of benzene rings is 2. The second kappa shape index (κ2) is 10.0. The van der Waals surface area contributed by atoms with Crippen LogP contribution in [0, 0.1) is 10.1 Å². The quantitative estimate of drug-likeness (QED) is 0.299. The number of methoxy groups -OCH3 is 1. The van der Waals surface area contributed by atoms with Gasteiger partial charge in [0.25, 0.3) is 0 Å². The third kappa shape index (κ3) is 5.24. The molecule has 1 heterocycles. The highest BCUT2D eigenvalue weighted by molar-refractivity contribution is 5.96. The van der Waals surface area contributed by atoms with E-state index in [0.29, 0.717) is 18.0 Å². The zero-order chi connectivity index (χ0) is 22.2. The van der Waals surface area contributed by atoms with Gasteiger partial charge in [0.05, 0.1) is 29.9 Å². The Morgan fingerprint density at radius 3 is 2.48 bits per heavy atom. The number of anilines is 3. The van der Waals surface area contributed by atoms with Gasteiger partial charge in [-0.2, -0.15) is 0 Å². The Bertz CT molecular complexity index is 1070. The van der Waals surface area contributed by atoms with Crippen molar-refractivity contribution in [3.63, 3.8) is 0 Å². The van der Waals surface area contributed by atoms with E-state index in [2.05, 4.69) is 20.6 Å². The van der Waals surface area contributed by atoms with Gasteiger partial charge in [0.2, 0.25) is 11.6 Å². The van der Waals surface area contributed by atoms with Gasteiger partial charge in [-0.25, -0.2) is 14.8 Å². The van der Waals surface area contributed by atoms with Crippen molar-refractivity contribution in [3.05, 3.63) is 76.1 Å². The van der Waals surface area contributed by atoms with E-state index in [0.717, 1.165) is 5.56 Å². The van der Waals surface area contributed by atoms with E-state index in [9.17, 15) is 14.9 Å². The van der Waals surface area contributed by atoms with Crippen molar-refractivity contribution < 1.29 is 19.2 Å². The van der Waals surface area contributed by atoms with Crippen LogP contribution in [0.2, 0.25) is 0 Å². The first-order valence-electron chi connectivity index (χ1n) is 9.42. The second-order valence-electron chi connectivity index (χ2n) is 6.27. The molecule has 3 aromatic rings.